The van der Waals surface area contributed by atoms with Crippen molar-refractivity contribution in [3.05, 3.63) is 89.0 Å². The van der Waals surface area contributed by atoms with E-state index in [0.717, 1.165) is 16.7 Å². The molecule has 0 saturated carbocycles. The van der Waals surface area contributed by atoms with Crippen LogP contribution in [0.1, 0.15) is 27.0 Å². The minimum absolute atomic E-state index is 0.0330. The number of sulfonamides is 1. The Morgan fingerprint density at radius 1 is 1.00 bits per heavy atom. The van der Waals surface area contributed by atoms with Crippen molar-refractivity contribution in [3.8, 4) is 5.75 Å². The smallest absolute Gasteiger partial charge is 0.271 e. The fourth-order valence-electron chi connectivity index (χ4n) is 2.87. The predicted octanol–water partition coefficient (Wildman–Crippen LogP) is 3.88. The van der Waals surface area contributed by atoms with Gasteiger partial charge in [-0.05, 0) is 67.4 Å². The topological polar surface area (TPSA) is 96.9 Å². The number of anilines is 1. The first-order chi connectivity index (χ1) is 14.8. The van der Waals surface area contributed by atoms with Crippen molar-refractivity contribution in [3.63, 3.8) is 0 Å². The van der Waals surface area contributed by atoms with Gasteiger partial charge in [-0.1, -0.05) is 29.8 Å². The van der Waals surface area contributed by atoms with E-state index in [1.54, 1.807) is 30.5 Å². The Morgan fingerprint density at radius 3 is 2.42 bits per heavy atom. The van der Waals surface area contributed by atoms with Gasteiger partial charge in [-0.15, -0.1) is 0 Å². The van der Waals surface area contributed by atoms with Gasteiger partial charge in [-0.3, -0.25) is 9.52 Å². The van der Waals surface area contributed by atoms with Crippen LogP contribution in [0.25, 0.3) is 0 Å². The first-order valence-corrected chi connectivity index (χ1v) is 10.9. The van der Waals surface area contributed by atoms with E-state index in [1.165, 1.54) is 31.4 Å². The van der Waals surface area contributed by atoms with Crippen LogP contribution in [0.3, 0.4) is 0 Å². The maximum Gasteiger partial charge on any atom is 0.271 e. The van der Waals surface area contributed by atoms with E-state index >= 15 is 0 Å². The van der Waals surface area contributed by atoms with E-state index < -0.39 is 15.9 Å². The van der Waals surface area contributed by atoms with Crippen LogP contribution < -0.4 is 14.9 Å². The van der Waals surface area contributed by atoms with Gasteiger partial charge in [-0.25, -0.2) is 13.8 Å². The Bertz CT molecular complexity index is 1220. The maximum absolute atomic E-state index is 12.7. The summed E-state index contributed by atoms with van der Waals surface area (Å²) < 4.78 is 32.9. The second-order valence-corrected chi connectivity index (χ2v) is 8.60. The Balaban J connectivity index is 1.72. The van der Waals surface area contributed by atoms with Crippen molar-refractivity contribution < 1.29 is 17.9 Å². The summed E-state index contributed by atoms with van der Waals surface area (Å²) in [5, 5.41) is 3.98. The van der Waals surface area contributed by atoms with Gasteiger partial charge >= 0.3 is 0 Å². The van der Waals surface area contributed by atoms with Gasteiger partial charge in [0.2, 0.25) is 0 Å². The van der Waals surface area contributed by atoms with Gasteiger partial charge in [0.15, 0.2) is 0 Å². The number of hydrogen-bond acceptors (Lipinski definition) is 5. The molecule has 3 aromatic carbocycles. The number of hydrogen-bond donors (Lipinski definition) is 2. The maximum atomic E-state index is 12.7. The Labute approximate surface area is 181 Å². The molecule has 0 aliphatic rings. The second-order valence-electron chi connectivity index (χ2n) is 6.92. The van der Waals surface area contributed by atoms with Crippen molar-refractivity contribution in [2.75, 3.05) is 11.8 Å². The largest absolute Gasteiger partial charge is 0.497 e. The molecule has 160 valence electrons. The van der Waals surface area contributed by atoms with Crippen molar-refractivity contribution in [2.24, 2.45) is 5.10 Å². The van der Waals surface area contributed by atoms with E-state index in [4.69, 9.17) is 4.74 Å². The summed E-state index contributed by atoms with van der Waals surface area (Å²) >= 11 is 0. The lowest BCUT2D eigenvalue weighted by Gasteiger charge is -2.10. The van der Waals surface area contributed by atoms with E-state index in [2.05, 4.69) is 15.2 Å². The van der Waals surface area contributed by atoms with Gasteiger partial charge < -0.3 is 4.74 Å². The van der Waals surface area contributed by atoms with Gasteiger partial charge in [0.25, 0.3) is 15.9 Å². The molecule has 0 aliphatic carbocycles. The number of methoxy groups -OCH3 is 1. The normalized spacial score (nSPS) is 11.3. The first-order valence-electron chi connectivity index (χ1n) is 9.46. The van der Waals surface area contributed by atoms with Crippen molar-refractivity contribution in [1.82, 2.24) is 5.43 Å². The minimum atomic E-state index is -3.87. The SMILES string of the molecule is COc1ccc(NS(=O)(=O)c2cccc(C(=O)N/N=C/c3ccc(C)cc3C)c2)cc1. The molecule has 0 heterocycles. The fraction of sp³-hybridized carbons (Fsp3) is 0.130. The number of ether oxygens (including phenoxy) is 1. The molecular formula is C23H23N3O4S. The second kappa shape index (κ2) is 9.44. The van der Waals surface area contributed by atoms with Crippen LogP contribution in [-0.4, -0.2) is 27.6 Å². The Kier molecular flexibility index (Phi) is 6.71. The van der Waals surface area contributed by atoms with E-state index in [0.29, 0.717) is 11.4 Å². The van der Waals surface area contributed by atoms with Crippen LogP contribution in [0, 0.1) is 13.8 Å². The highest BCUT2D eigenvalue weighted by Gasteiger charge is 2.16. The molecule has 3 rings (SSSR count). The standard InChI is InChI=1S/C23H23N3O4S/c1-16-7-8-19(17(2)13-16)15-24-25-23(27)18-5-4-6-22(14-18)31(28,29)26-20-9-11-21(30-3)12-10-20/h4-15,26H,1-3H3,(H,25,27)/b24-15+. The number of nitrogens with zero attached hydrogens (tertiary/aromatic N) is 1. The third-order valence-corrected chi connectivity index (χ3v) is 5.92. The number of amides is 1. The Hall–Kier alpha value is -3.65. The van der Waals surface area contributed by atoms with Gasteiger partial charge in [0.05, 0.1) is 18.2 Å². The molecular weight excluding hydrogens is 414 g/mol. The number of rotatable bonds is 7. The zero-order valence-electron chi connectivity index (χ0n) is 17.4. The number of hydrazone groups is 1. The van der Waals surface area contributed by atoms with Crippen molar-refractivity contribution in [2.45, 2.75) is 18.7 Å². The number of benzene rings is 3. The lowest BCUT2D eigenvalue weighted by Crippen LogP contribution is -2.19. The molecule has 0 unspecified atom stereocenters. The van der Waals surface area contributed by atoms with Crippen LogP contribution in [0.15, 0.2) is 76.7 Å². The number of carbonyl (C=O) groups excluding carboxylic acids is 1. The molecule has 0 saturated heterocycles. The van der Waals surface area contributed by atoms with Gasteiger partial charge in [-0.2, -0.15) is 5.10 Å². The molecule has 0 fully saturated rings. The highest BCUT2D eigenvalue weighted by Crippen LogP contribution is 2.20. The van der Waals surface area contributed by atoms with E-state index in [9.17, 15) is 13.2 Å². The van der Waals surface area contributed by atoms with Crippen LogP contribution >= 0.6 is 0 Å². The van der Waals surface area contributed by atoms with Crippen LogP contribution in [-0.2, 0) is 10.0 Å². The third-order valence-electron chi connectivity index (χ3n) is 4.54. The highest BCUT2D eigenvalue weighted by atomic mass is 32.2. The molecule has 8 heteroatoms. The van der Waals surface area contributed by atoms with Crippen LogP contribution in [0.5, 0.6) is 5.75 Å². The molecule has 0 spiro atoms. The average Bonchev–Trinajstić information content (AvgIpc) is 2.75. The summed E-state index contributed by atoms with van der Waals surface area (Å²) in [6.45, 7) is 3.96. The molecule has 0 aliphatic heterocycles. The zero-order chi connectivity index (χ0) is 22.4. The lowest BCUT2D eigenvalue weighted by molar-refractivity contribution is 0.0955. The number of carbonyl (C=O) groups is 1. The summed E-state index contributed by atoms with van der Waals surface area (Å²) in [5.74, 6) is 0.102. The summed E-state index contributed by atoms with van der Waals surface area (Å²) in [6.07, 6.45) is 1.55. The first kappa shape index (κ1) is 22.0. The molecule has 31 heavy (non-hydrogen) atoms. The number of nitrogens with one attached hydrogen (secondary N) is 2. The molecule has 1 amide bonds. The molecule has 0 aromatic heterocycles. The Morgan fingerprint density at radius 2 is 1.74 bits per heavy atom. The summed E-state index contributed by atoms with van der Waals surface area (Å²) in [4.78, 5) is 12.4. The van der Waals surface area contributed by atoms with Gasteiger partial charge in [0, 0.05) is 11.3 Å². The van der Waals surface area contributed by atoms with Crippen LogP contribution in [0.2, 0.25) is 0 Å². The van der Waals surface area contributed by atoms with E-state index in [-0.39, 0.29) is 10.5 Å². The molecule has 0 radical (unpaired) electrons. The molecule has 2 N–H and O–H groups in total. The predicted molar refractivity (Wildman–Crippen MR) is 121 cm³/mol. The van der Waals surface area contributed by atoms with Crippen molar-refractivity contribution in [1.29, 1.82) is 0 Å². The molecule has 0 atom stereocenters. The van der Waals surface area contributed by atoms with Crippen LogP contribution in [0.4, 0.5) is 5.69 Å². The summed E-state index contributed by atoms with van der Waals surface area (Å²) in [5.41, 5.74) is 6.05. The van der Waals surface area contributed by atoms with Gasteiger partial charge in [0.1, 0.15) is 5.75 Å². The minimum Gasteiger partial charge on any atom is -0.497 e. The monoisotopic (exact) mass is 437 g/mol. The quantitative estimate of drug-likeness (QED) is 0.433. The lowest BCUT2D eigenvalue weighted by atomic mass is 10.1. The average molecular weight is 438 g/mol. The fourth-order valence-corrected chi connectivity index (χ4v) is 3.98. The molecule has 7 nitrogen and oxygen atoms in total. The zero-order valence-corrected chi connectivity index (χ0v) is 18.2. The summed E-state index contributed by atoms with van der Waals surface area (Å²) in [7, 11) is -2.34. The van der Waals surface area contributed by atoms with E-state index in [1.807, 2.05) is 32.0 Å². The summed E-state index contributed by atoms with van der Waals surface area (Å²) in [6, 6.07) is 18.1. The third kappa shape index (κ3) is 5.70. The highest BCUT2D eigenvalue weighted by molar-refractivity contribution is 7.92. The van der Waals surface area contributed by atoms with Crippen molar-refractivity contribution >= 4 is 27.8 Å². The molecule has 0 bridgehead atoms. The molecule has 3 aromatic rings. The number of aryl methyl sites for hydroxylation is 2.